The van der Waals surface area contributed by atoms with Crippen molar-refractivity contribution >= 4 is 23.4 Å². The third kappa shape index (κ3) is 3.10. The zero-order chi connectivity index (χ0) is 12.3. The molecule has 0 aromatic carbocycles. The van der Waals surface area contributed by atoms with Crippen LogP contribution in [0.15, 0.2) is 12.1 Å². The van der Waals surface area contributed by atoms with Crippen LogP contribution in [0.4, 0.5) is 5.82 Å². The molecule has 0 aliphatic heterocycles. The van der Waals surface area contributed by atoms with Crippen molar-refractivity contribution in [3.05, 3.63) is 22.8 Å². The van der Waals surface area contributed by atoms with Crippen LogP contribution in [0.3, 0.4) is 0 Å². The Bertz CT molecular complexity index is 405. The Morgan fingerprint density at radius 1 is 1.56 bits per heavy atom. The number of nitrogens with zero attached hydrogens (tertiary/aromatic N) is 1. The number of anilines is 1. The number of hydrogen-bond acceptors (Lipinski definition) is 3. The van der Waals surface area contributed by atoms with Gasteiger partial charge in [-0.05, 0) is 32.4 Å². The Hall–Kier alpha value is -1.29. The number of carboxylic acids is 1. The van der Waals surface area contributed by atoms with E-state index in [1.165, 1.54) is 6.07 Å². The number of hydrogen-bond donors (Lipinski definition) is 2. The Labute approximate surface area is 99.6 Å². The van der Waals surface area contributed by atoms with Crippen molar-refractivity contribution in [3.63, 3.8) is 0 Å². The number of aromatic carboxylic acids is 1. The predicted octanol–water partition coefficient (Wildman–Crippen LogP) is 3.03. The number of halogens is 1. The van der Waals surface area contributed by atoms with Crippen molar-refractivity contribution < 1.29 is 9.90 Å². The summed E-state index contributed by atoms with van der Waals surface area (Å²) < 4.78 is 0. The highest BCUT2D eigenvalue weighted by Gasteiger charge is 2.17. The summed E-state index contributed by atoms with van der Waals surface area (Å²) in [6.07, 6.45) is 0.902. The molecule has 16 heavy (non-hydrogen) atoms. The highest BCUT2D eigenvalue weighted by atomic mass is 35.5. The third-order valence-corrected chi connectivity index (χ3v) is 2.70. The van der Waals surface area contributed by atoms with Gasteiger partial charge in [0.1, 0.15) is 5.82 Å². The molecule has 0 saturated heterocycles. The minimum Gasteiger partial charge on any atom is -0.476 e. The standard InChI is InChI=1S/C11H15ClN2O2/c1-4-11(2,3)14-8-6-5-7(12)9(13-8)10(15)16/h5-6H,4H2,1-3H3,(H,13,14)(H,15,16). The second-order valence-corrected chi connectivity index (χ2v) is 4.60. The topological polar surface area (TPSA) is 62.2 Å². The van der Waals surface area contributed by atoms with Gasteiger partial charge in [-0.2, -0.15) is 0 Å². The van der Waals surface area contributed by atoms with E-state index in [0.717, 1.165) is 6.42 Å². The molecule has 1 aromatic rings. The van der Waals surface area contributed by atoms with Gasteiger partial charge in [-0.1, -0.05) is 18.5 Å². The van der Waals surface area contributed by atoms with Crippen LogP contribution in [0.25, 0.3) is 0 Å². The zero-order valence-corrected chi connectivity index (χ0v) is 10.3. The van der Waals surface area contributed by atoms with Crippen LogP contribution < -0.4 is 5.32 Å². The van der Waals surface area contributed by atoms with Crippen molar-refractivity contribution in [1.29, 1.82) is 0 Å². The molecule has 4 nitrogen and oxygen atoms in total. The molecule has 0 spiro atoms. The summed E-state index contributed by atoms with van der Waals surface area (Å²) in [6.45, 7) is 6.08. The molecule has 0 atom stereocenters. The summed E-state index contributed by atoms with van der Waals surface area (Å²) in [7, 11) is 0. The Balaban J connectivity index is 3.00. The van der Waals surface area contributed by atoms with Gasteiger partial charge in [0.05, 0.1) is 5.02 Å². The number of pyridine rings is 1. The quantitative estimate of drug-likeness (QED) is 0.852. The fourth-order valence-electron chi connectivity index (χ4n) is 1.10. The fourth-order valence-corrected chi connectivity index (χ4v) is 1.28. The Kier molecular flexibility index (Phi) is 3.75. The van der Waals surface area contributed by atoms with E-state index in [2.05, 4.69) is 10.3 Å². The molecule has 5 heteroatoms. The van der Waals surface area contributed by atoms with Crippen LogP contribution in [0, 0.1) is 0 Å². The normalized spacial score (nSPS) is 11.2. The molecule has 0 unspecified atom stereocenters. The summed E-state index contributed by atoms with van der Waals surface area (Å²) >= 11 is 5.73. The molecule has 0 radical (unpaired) electrons. The van der Waals surface area contributed by atoms with Crippen molar-refractivity contribution in [1.82, 2.24) is 4.98 Å². The highest BCUT2D eigenvalue weighted by molar-refractivity contribution is 6.33. The van der Waals surface area contributed by atoms with Gasteiger partial charge in [-0.15, -0.1) is 0 Å². The molecule has 1 aromatic heterocycles. The molecule has 0 aliphatic carbocycles. The van der Waals surface area contributed by atoms with E-state index in [1.807, 2.05) is 20.8 Å². The van der Waals surface area contributed by atoms with E-state index in [0.29, 0.717) is 5.82 Å². The maximum atomic E-state index is 10.8. The van der Waals surface area contributed by atoms with Gasteiger partial charge in [0.2, 0.25) is 0 Å². The largest absolute Gasteiger partial charge is 0.476 e. The number of rotatable bonds is 4. The summed E-state index contributed by atoms with van der Waals surface area (Å²) in [4.78, 5) is 14.8. The zero-order valence-electron chi connectivity index (χ0n) is 9.54. The van der Waals surface area contributed by atoms with E-state index in [-0.39, 0.29) is 16.3 Å². The van der Waals surface area contributed by atoms with Gasteiger partial charge in [0.25, 0.3) is 0 Å². The number of carboxylic acid groups (broad SMARTS) is 1. The lowest BCUT2D eigenvalue weighted by Gasteiger charge is -2.25. The number of carbonyl (C=O) groups is 1. The molecule has 2 N–H and O–H groups in total. The Morgan fingerprint density at radius 2 is 2.19 bits per heavy atom. The minimum absolute atomic E-state index is 0.126. The summed E-state index contributed by atoms with van der Waals surface area (Å²) in [5.74, 6) is -0.600. The van der Waals surface area contributed by atoms with E-state index in [9.17, 15) is 4.79 Å². The third-order valence-electron chi connectivity index (χ3n) is 2.40. The first-order valence-electron chi connectivity index (χ1n) is 5.04. The van der Waals surface area contributed by atoms with Crippen LogP contribution in [0.5, 0.6) is 0 Å². The van der Waals surface area contributed by atoms with Crippen molar-refractivity contribution in [2.75, 3.05) is 5.32 Å². The van der Waals surface area contributed by atoms with E-state index >= 15 is 0 Å². The summed E-state index contributed by atoms with van der Waals surface area (Å²) in [5.41, 5.74) is -0.255. The first kappa shape index (κ1) is 12.8. The van der Waals surface area contributed by atoms with Gasteiger partial charge in [0, 0.05) is 5.54 Å². The smallest absolute Gasteiger partial charge is 0.356 e. The van der Waals surface area contributed by atoms with Crippen LogP contribution >= 0.6 is 11.6 Å². The lowest BCUT2D eigenvalue weighted by molar-refractivity contribution is 0.0691. The number of nitrogens with one attached hydrogen (secondary N) is 1. The van der Waals surface area contributed by atoms with E-state index in [1.54, 1.807) is 6.07 Å². The van der Waals surface area contributed by atoms with Crippen molar-refractivity contribution in [2.45, 2.75) is 32.7 Å². The lowest BCUT2D eigenvalue weighted by atomic mass is 10.0. The van der Waals surface area contributed by atoms with Crippen LogP contribution in [0.2, 0.25) is 5.02 Å². The minimum atomic E-state index is -1.12. The molecule has 88 valence electrons. The van der Waals surface area contributed by atoms with Crippen molar-refractivity contribution in [3.8, 4) is 0 Å². The molecule has 1 heterocycles. The summed E-state index contributed by atoms with van der Waals surface area (Å²) in [6, 6.07) is 3.21. The first-order valence-corrected chi connectivity index (χ1v) is 5.41. The fraction of sp³-hybridized carbons (Fsp3) is 0.455. The average molecular weight is 243 g/mol. The maximum Gasteiger partial charge on any atom is 0.356 e. The molecular weight excluding hydrogens is 228 g/mol. The maximum absolute atomic E-state index is 10.8. The van der Waals surface area contributed by atoms with Crippen molar-refractivity contribution in [2.24, 2.45) is 0 Å². The molecule has 0 fully saturated rings. The Morgan fingerprint density at radius 3 is 2.69 bits per heavy atom. The summed E-state index contributed by atoms with van der Waals surface area (Å²) in [5, 5.41) is 12.2. The number of aromatic nitrogens is 1. The molecule has 0 aliphatic rings. The van der Waals surface area contributed by atoms with Gasteiger partial charge in [0.15, 0.2) is 5.69 Å². The van der Waals surface area contributed by atoms with Crippen LogP contribution in [0.1, 0.15) is 37.7 Å². The van der Waals surface area contributed by atoms with Gasteiger partial charge >= 0.3 is 5.97 Å². The molecule has 1 rings (SSSR count). The second-order valence-electron chi connectivity index (χ2n) is 4.19. The van der Waals surface area contributed by atoms with E-state index in [4.69, 9.17) is 16.7 Å². The average Bonchev–Trinajstić information content (AvgIpc) is 2.20. The molecular formula is C11H15ClN2O2. The highest BCUT2D eigenvalue weighted by Crippen LogP contribution is 2.20. The lowest BCUT2D eigenvalue weighted by Crippen LogP contribution is -2.30. The predicted molar refractivity (Wildman–Crippen MR) is 64.2 cm³/mol. The molecule has 0 amide bonds. The monoisotopic (exact) mass is 242 g/mol. The molecule has 0 saturated carbocycles. The van der Waals surface area contributed by atoms with Crippen LogP contribution in [-0.2, 0) is 0 Å². The van der Waals surface area contributed by atoms with Crippen LogP contribution in [-0.4, -0.2) is 21.6 Å². The second kappa shape index (κ2) is 4.70. The van der Waals surface area contributed by atoms with Gasteiger partial charge in [-0.25, -0.2) is 9.78 Å². The SMILES string of the molecule is CCC(C)(C)Nc1ccc(Cl)c(C(=O)O)n1. The van der Waals surface area contributed by atoms with Gasteiger partial charge in [-0.3, -0.25) is 0 Å². The van der Waals surface area contributed by atoms with E-state index < -0.39 is 5.97 Å². The van der Waals surface area contributed by atoms with Gasteiger partial charge < -0.3 is 10.4 Å². The molecule has 0 bridgehead atoms. The first-order chi connectivity index (χ1) is 7.35.